The van der Waals surface area contributed by atoms with Gasteiger partial charge in [-0.3, -0.25) is 0 Å². The molecule has 0 aliphatic carbocycles. The van der Waals surface area contributed by atoms with Gasteiger partial charge in [-0.05, 0) is 61.0 Å². The van der Waals surface area contributed by atoms with Gasteiger partial charge in [0.25, 0.3) is 10.0 Å². The van der Waals surface area contributed by atoms with Crippen molar-refractivity contribution in [2.75, 3.05) is 4.31 Å². The maximum Gasteiger partial charge on any atom is 0.434 e. The molecule has 1 aromatic heterocycles. The highest BCUT2D eigenvalue weighted by Crippen LogP contribution is 2.31. The van der Waals surface area contributed by atoms with Crippen LogP contribution in [0.2, 0.25) is 0 Å². The molecular formula is C21H14FNO6S2. The Kier molecular flexibility index (Phi) is 5.34. The van der Waals surface area contributed by atoms with E-state index in [0.717, 1.165) is 29.5 Å². The lowest BCUT2D eigenvalue weighted by molar-refractivity contribution is 0.211. The number of rotatable bonds is 4. The van der Waals surface area contributed by atoms with Gasteiger partial charge in [-0.1, -0.05) is 29.5 Å². The van der Waals surface area contributed by atoms with Crippen molar-refractivity contribution in [2.24, 2.45) is 0 Å². The van der Waals surface area contributed by atoms with E-state index in [0.29, 0.717) is 9.01 Å². The fourth-order valence-electron chi connectivity index (χ4n) is 2.96. The van der Waals surface area contributed by atoms with Crippen LogP contribution in [0.5, 0.6) is 5.75 Å². The second-order valence-electron chi connectivity index (χ2n) is 6.45. The Morgan fingerprint density at radius 3 is 2.52 bits per heavy atom. The molecule has 1 amide bonds. The Morgan fingerprint density at radius 2 is 1.81 bits per heavy atom. The van der Waals surface area contributed by atoms with Gasteiger partial charge in [-0.15, -0.1) is 0 Å². The summed E-state index contributed by atoms with van der Waals surface area (Å²) in [7, 11) is -4.49. The third-order valence-electron chi connectivity index (χ3n) is 4.32. The zero-order valence-electron chi connectivity index (χ0n) is 15.9. The van der Waals surface area contributed by atoms with Crippen LogP contribution in [0.1, 0.15) is 5.56 Å². The number of hydrogen-bond acceptors (Lipinski definition) is 7. The van der Waals surface area contributed by atoms with Crippen molar-refractivity contribution >= 4 is 43.4 Å². The zero-order valence-corrected chi connectivity index (χ0v) is 17.6. The van der Waals surface area contributed by atoms with Crippen LogP contribution in [0.3, 0.4) is 0 Å². The maximum absolute atomic E-state index is 13.5. The number of amides is 1. The number of sulfonamides is 1. The number of halogens is 1. The molecule has 3 aromatic carbocycles. The molecule has 0 atom stereocenters. The lowest BCUT2D eigenvalue weighted by Gasteiger charge is -2.22. The van der Waals surface area contributed by atoms with Gasteiger partial charge < -0.3 is 9.15 Å². The number of fused-ring (bicyclic) bond motifs is 1. The van der Waals surface area contributed by atoms with E-state index in [1.807, 2.05) is 0 Å². The van der Waals surface area contributed by atoms with E-state index in [1.54, 1.807) is 18.2 Å². The van der Waals surface area contributed by atoms with Gasteiger partial charge in [-0.25, -0.2) is 22.4 Å². The Bertz CT molecular complexity index is 1440. The first-order valence-electron chi connectivity index (χ1n) is 8.88. The van der Waals surface area contributed by atoms with Gasteiger partial charge in [0, 0.05) is 0 Å². The van der Waals surface area contributed by atoms with E-state index in [-0.39, 0.29) is 27.5 Å². The van der Waals surface area contributed by atoms with Crippen LogP contribution in [0.15, 0.2) is 80.8 Å². The fraction of sp³-hybridized carbons (Fsp3) is 0.0476. The molecule has 0 radical (unpaired) electrons. The zero-order chi connectivity index (χ0) is 22.2. The average Bonchev–Trinajstić information content (AvgIpc) is 3.07. The van der Waals surface area contributed by atoms with Crippen LogP contribution >= 0.6 is 11.3 Å². The molecule has 158 valence electrons. The minimum Gasteiger partial charge on any atom is -0.414 e. The lowest BCUT2D eigenvalue weighted by Crippen LogP contribution is -2.39. The number of ether oxygens (including phenoxy) is 1. The highest BCUT2D eigenvalue weighted by molar-refractivity contribution is 7.93. The van der Waals surface area contributed by atoms with E-state index < -0.39 is 26.9 Å². The van der Waals surface area contributed by atoms with Crippen LogP contribution in [-0.4, -0.2) is 14.5 Å². The molecule has 4 rings (SSSR count). The van der Waals surface area contributed by atoms with Gasteiger partial charge >= 0.3 is 11.0 Å². The van der Waals surface area contributed by atoms with Crippen molar-refractivity contribution in [2.45, 2.75) is 11.8 Å². The second-order valence-corrected chi connectivity index (χ2v) is 9.18. The Labute approximate surface area is 180 Å². The molecule has 0 spiro atoms. The first kappa shape index (κ1) is 20.8. The smallest absolute Gasteiger partial charge is 0.414 e. The molecule has 31 heavy (non-hydrogen) atoms. The largest absolute Gasteiger partial charge is 0.434 e. The third kappa shape index (κ3) is 4.07. The van der Waals surface area contributed by atoms with E-state index in [1.165, 1.54) is 37.3 Å². The van der Waals surface area contributed by atoms with E-state index in [2.05, 4.69) is 0 Å². The van der Waals surface area contributed by atoms with Crippen molar-refractivity contribution < 1.29 is 26.8 Å². The standard InChI is InChI=1S/C21H14FNO6S2/c1-13-11-14(22)7-10-19(13)31(26,27)23(20(24)28-16-5-3-2-4-6-16)15-8-9-17-18(12-15)30-21(25)29-17/h2-12H,1H3. The molecule has 4 aromatic rings. The first-order valence-corrected chi connectivity index (χ1v) is 11.1. The summed E-state index contributed by atoms with van der Waals surface area (Å²) < 4.78 is 51.6. The van der Waals surface area contributed by atoms with E-state index >= 15 is 0 Å². The number of nitrogens with zero attached hydrogens (tertiary/aromatic N) is 1. The van der Waals surface area contributed by atoms with Crippen LogP contribution < -0.4 is 14.0 Å². The van der Waals surface area contributed by atoms with Gasteiger partial charge in [0.1, 0.15) is 17.1 Å². The molecule has 0 bridgehead atoms. The molecule has 0 saturated heterocycles. The lowest BCUT2D eigenvalue weighted by atomic mass is 10.2. The summed E-state index contributed by atoms with van der Waals surface area (Å²) in [5, 5.41) is 0. The molecule has 0 N–H and O–H groups in total. The number of carbonyl (C=O) groups is 1. The normalized spacial score (nSPS) is 11.4. The number of anilines is 1. The Morgan fingerprint density at radius 1 is 1.06 bits per heavy atom. The Hall–Kier alpha value is -3.50. The number of para-hydroxylation sites is 1. The summed E-state index contributed by atoms with van der Waals surface area (Å²) in [5.74, 6) is -0.475. The van der Waals surface area contributed by atoms with Crippen LogP contribution in [0.25, 0.3) is 10.3 Å². The molecule has 0 aliphatic rings. The summed E-state index contributed by atoms with van der Waals surface area (Å²) in [5.41, 5.74) is 0.311. The average molecular weight is 459 g/mol. The summed E-state index contributed by atoms with van der Waals surface area (Å²) in [4.78, 5) is 23.7. The highest BCUT2D eigenvalue weighted by Gasteiger charge is 2.34. The van der Waals surface area contributed by atoms with E-state index in [4.69, 9.17) is 9.15 Å². The van der Waals surface area contributed by atoms with Crippen LogP contribution in [0.4, 0.5) is 14.9 Å². The second kappa shape index (κ2) is 7.97. The van der Waals surface area contributed by atoms with Crippen molar-refractivity contribution in [1.29, 1.82) is 0 Å². The number of aryl methyl sites for hydroxylation is 1. The van der Waals surface area contributed by atoms with Crippen molar-refractivity contribution in [3.8, 4) is 5.75 Å². The van der Waals surface area contributed by atoms with Gasteiger partial charge in [-0.2, -0.15) is 4.31 Å². The van der Waals surface area contributed by atoms with Crippen molar-refractivity contribution in [1.82, 2.24) is 0 Å². The third-order valence-corrected chi connectivity index (χ3v) is 6.96. The quantitative estimate of drug-likeness (QED) is 0.439. The SMILES string of the molecule is Cc1cc(F)ccc1S(=O)(=O)N(C(=O)Oc1ccccc1)c1ccc2oc(=O)sc2c1. The number of carbonyl (C=O) groups excluding carboxylic acids is 1. The summed E-state index contributed by atoms with van der Waals surface area (Å²) >= 11 is 0.766. The molecule has 0 aliphatic heterocycles. The minimum absolute atomic E-state index is 0.0609. The molecule has 0 saturated carbocycles. The molecule has 10 heteroatoms. The molecule has 0 unspecified atom stereocenters. The van der Waals surface area contributed by atoms with Crippen LogP contribution in [-0.2, 0) is 10.0 Å². The predicted octanol–water partition coefficient (Wildman–Crippen LogP) is 4.70. The summed E-state index contributed by atoms with van der Waals surface area (Å²) in [6, 6.07) is 15.1. The molecular weight excluding hydrogens is 445 g/mol. The van der Waals surface area contributed by atoms with Gasteiger partial charge in [0.2, 0.25) is 0 Å². The molecule has 0 fully saturated rings. The first-order chi connectivity index (χ1) is 14.8. The maximum atomic E-state index is 13.5. The van der Waals surface area contributed by atoms with Crippen molar-refractivity contribution in [3.05, 3.63) is 87.8 Å². The van der Waals surface area contributed by atoms with E-state index in [9.17, 15) is 22.4 Å². The highest BCUT2D eigenvalue weighted by atomic mass is 32.2. The van der Waals surface area contributed by atoms with Crippen LogP contribution in [0, 0.1) is 12.7 Å². The fourth-order valence-corrected chi connectivity index (χ4v) is 5.19. The number of benzene rings is 3. The summed E-state index contributed by atoms with van der Waals surface area (Å²) in [6.45, 7) is 1.42. The van der Waals surface area contributed by atoms with Gasteiger partial charge in [0.05, 0.1) is 15.3 Å². The van der Waals surface area contributed by atoms with Gasteiger partial charge in [0.15, 0.2) is 0 Å². The predicted molar refractivity (Wildman–Crippen MR) is 114 cm³/mol. The Balaban J connectivity index is 1.86. The molecule has 1 heterocycles. The monoisotopic (exact) mass is 459 g/mol. The topological polar surface area (TPSA) is 93.9 Å². The minimum atomic E-state index is -4.49. The van der Waals surface area contributed by atoms with Crippen molar-refractivity contribution in [3.63, 3.8) is 0 Å². The molecule has 7 nitrogen and oxygen atoms in total. The number of hydrogen-bond donors (Lipinski definition) is 0. The summed E-state index contributed by atoms with van der Waals surface area (Å²) in [6.07, 6.45) is -1.19.